The van der Waals surface area contributed by atoms with E-state index in [9.17, 15) is 13.2 Å². The molecular weight excluding hydrogens is 409 g/mol. The molecule has 0 saturated heterocycles. The first-order valence-electron chi connectivity index (χ1n) is 8.01. The maximum atomic E-state index is 13.2. The van der Waals surface area contributed by atoms with Crippen molar-refractivity contribution in [1.29, 1.82) is 5.26 Å². The Hall–Kier alpha value is -2.11. The first-order chi connectivity index (χ1) is 12.8. The Morgan fingerprint density at radius 2 is 1.85 bits per heavy atom. The molecule has 0 spiro atoms. The molecular formula is C18H15Cl2N3O3S. The Labute approximate surface area is 167 Å². The molecule has 0 aromatic heterocycles. The van der Waals surface area contributed by atoms with Crippen molar-refractivity contribution >= 4 is 44.8 Å². The van der Waals surface area contributed by atoms with E-state index in [1.54, 1.807) is 0 Å². The van der Waals surface area contributed by atoms with Crippen molar-refractivity contribution in [1.82, 2.24) is 4.31 Å². The molecule has 0 saturated carbocycles. The van der Waals surface area contributed by atoms with Gasteiger partial charge < -0.3 is 5.32 Å². The number of halogens is 2. The summed E-state index contributed by atoms with van der Waals surface area (Å²) in [4.78, 5) is 11.8. The third-order valence-corrected chi connectivity index (χ3v) is 6.77. The largest absolute Gasteiger partial charge is 0.323 e. The van der Waals surface area contributed by atoms with E-state index in [0.717, 1.165) is 5.56 Å². The summed E-state index contributed by atoms with van der Waals surface area (Å²) in [5.74, 6) is -0.624. The number of carbonyl (C=O) groups is 1. The molecule has 140 valence electrons. The molecule has 2 aromatic rings. The minimum absolute atomic E-state index is 0.0366. The highest BCUT2D eigenvalue weighted by molar-refractivity contribution is 7.89. The van der Waals surface area contributed by atoms with E-state index in [0.29, 0.717) is 5.69 Å². The van der Waals surface area contributed by atoms with Gasteiger partial charge in [-0.1, -0.05) is 53.5 Å². The van der Waals surface area contributed by atoms with E-state index in [-0.39, 0.29) is 30.0 Å². The molecule has 1 aliphatic rings. The topological polar surface area (TPSA) is 90.3 Å². The Morgan fingerprint density at radius 3 is 2.52 bits per heavy atom. The number of nitriles is 1. The number of hydrogen-bond acceptors (Lipinski definition) is 4. The standard InChI is InChI=1S/C18H15Cl2N3O3S/c19-18(20)15-11-14(7-8-16(15)22-17(18)24)27(25,26)23(10-4-9-21)12-13-5-2-1-3-6-13/h1-3,5-8,11H,4,10,12H2,(H,22,24). The maximum Gasteiger partial charge on any atom is 0.265 e. The lowest BCUT2D eigenvalue weighted by Gasteiger charge is -2.22. The fraction of sp³-hybridized carbons (Fsp3) is 0.222. The second kappa shape index (κ2) is 7.49. The number of anilines is 1. The smallest absolute Gasteiger partial charge is 0.265 e. The molecule has 1 N–H and O–H groups in total. The summed E-state index contributed by atoms with van der Waals surface area (Å²) in [6.45, 7) is 0.154. The van der Waals surface area contributed by atoms with Gasteiger partial charge in [0.05, 0.1) is 11.0 Å². The van der Waals surface area contributed by atoms with E-state index in [2.05, 4.69) is 5.32 Å². The Kier molecular flexibility index (Phi) is 5.45. The maximum absolute atomic E-state index is 13.2. The number of hydrogen-bond donors (Lipinski definition) is 1. The van der Waals surface area contributed by atoms with Crippen LogP contribution in [0.3, 0.4) is 0 Å². The Bertz CT molecular complexity index is 1020. The van der Waals surface area contributed by atoms with E-state index in [1.807, 2.05) is 36.4 Å². The second-order valence-corrected chi connectivity index (χ2v) is 9.23. The van der Waals surface area contributed by atoms with Crippen LogP contribution < -0.4 is 5.32 Å². The highest BCUT2D eigenvalue weighted by Crippen LogP contribution is 2.45. The number of benzene rings is 2. The number of fused-ring (bicyclic) bond motifs is 1. The lowest BCUT2D eigenvalue weighted by Crippen LogP contribution is -2.31. The van der Waals surface area contributed by atoms with Crippen molar-refractivity contribution in [2.24, 2.45) is 0 Å². The molecule has 27 heavy (non-hydrogen) atoms. The predicted octanol–water partition coefficient (Wildman–Crippen LogP) is 3.37. The lowest BCUT2D eigenvalue weighted by atomic mass is 10.1. The van der Waals surface area contributed by atoms with Crippen molar-refractivity contribution in [2.75, 3.05) is 11.9 Å². The highest BCUT2D eigenvalue weighted by Gasteiger charge is 2.44. The summed E-state index contributed by atoms with van der Waals surface area (Å²) < 4.78 is 25.7. The number of rotatable bonds is 6. The van der Waals surface area contributed by atoms with Crippen LogP contribution in [-0.2, 0) is 25.7 Å². The minimum Gasteiger partial charge on any atom is -0.323 e. The molecule has 9 heteroatoms. The fourth-order valence-electron chi connectivity index (χ4n) is 2.77. The molecule has 0 atom stereocenters. The van der Waals surface area contributed by atoms with Gasteiger partial charge in [-0.15, -0.1) is 0 Å². The van der Waals surface area contributed by atoms with Crippen LogP contribution in [0.4, 0.5) is 5.69 Å². The van der Waals surface area contributed by atoms with Gasteiger partial charge in [0.25, 0.3) is 5.91 Å². The number of nitrogens with zero attached hydrogens (tertiary/aromatic N) is 2. The van der Waals surface area contributed by atoms with E-state index in [1.165, 1.54) is 22.5 Å². The van der Waals surface area contributed by atoms with Gasteiger partial charge in [0.2, 0.25) is 14.4 Å². The molecule has 0 aliphatic carbocycles. The lowest BCUT2D eigenvalue weighted by molar-refractivity contribution is -0.116. The third-order valence-electron chi connectivity index (χ3n) is 4.18. The van der Waals surface area contributed by atoms with Gasteiger partial charge in [0.1, 0.15) is 0 Å². The zero-order valence-corrected chi connectivity index (χ0v) is 16.4. The average Bonchev–Trinajstić information content (AvgIpc) is 2.88. The number of nitrogens with one attached hydrogen (secondary N) is 1. The van der Waals surface area contributed by atoms with Crippen LogP contribution in [0.25, 0.3) is 0 Å². The fourth-order valence-corrected chi connectivity index (χ4v) is 4.63. The van der Waals surface area contributed by atoms with Gasteiger partial charge in [-0.2, -0.15) is 9.57 Å². The molecule has 1 heterocycles. The SMILES string of the molecule is N#CCCN(Cc1ccccc1)S(=O)(=O)c1ccc2c(c1)C(Cl)(Cl)C(=O)N2. The second-order valence-electron chi connectivity index (χ2n) is 5.97. The van der Waals surface area contributed by atoms with Crippen LogP contribution in [0.15, 0.2) is 53.4 Å². The van der Waals surface area contributed by atoms with E-state index >= 15 is 0 Å². The molecule has 1 amide bonds. The van der Waals surface area contributed by atoms with Crippen molar-refractivity contribution in [3.05, 3.63) is 59.7 Å². The van der Waals surface area contributed by atoms with Crippen molar-refractivity contribution in [3.63, 3.8) is 0 Å². The van der Waals surface area contributed by atoms with Gasteiger partial charge in [-0.05, 0) is 23.8 Å². The summed E-state index contributed by atoms with van der Waals surface area (Å²) in [7, 11) is -3.93. The molecule has 0 unspecified atom stereocenters. The highest BCUT2D eigenvalue weighted by atomic mass is 35.5. The first-order valence-corrected chi connectivity index (χ1v) is 10.2. The van der Waals surface area contributed by atoms with Crippen LogP contribution in [0.2, 0.25) is 0 Å². The molecule has 0 radical (unpaired) electrons. The van der Waals surface area contributed by atoms with Gasteiger partial charge in [0, 0.05) is 30.8 Å². The molecule has 3 rings (SSSR count). The summed E-state index contributed by atoms with van der Waals surface area (Å²) in [6.07, 6.45) is 0.0476. The van der Waals surface area contributed by atoms with Crippen LogP contribution in [-0.4, -0.2) is 25.2 Å². The Morgan fingerprint density at radius 1 is 1.15 bits per heavy atom. The van der Waals surface area contributed by atoms with Gasteiger partial charge >= 0.3 is 0 Å². The number of carbonyl (C=O) groups excluding carboxylic acids is 1. The van der Waals surface area contributed by atoms with Gasteiger partial charge in [0.15, 0.2) is 0 Å². The first kappa shape index (κ1) is 19.6. The van der Waals surface area contributed by atoms with Crippen molar-refractivity contribution in [3.8, 4) is 6.07 Å². The summed E-state index contributed by atoms with van der Waals surface area (Å²) in [5.41, 5.74) is 1.36. The van der Waals surface area contributed by atoms with Gasteiger partial charge in [-0.3, -0.25) is 4.79 Å². The van der Waals surface area contributed by atoms with Gasteiger partial charge in [-0.25, -0.2) is 8.42 Å². The monoisotopic (exact) mass is 423 g/mol. The van der Waals surface area contributed by atoms with Crippen LogP contribution in [0.1, 0.15) is 17.5 Å². The molecule has 2 aromatic carbocycles. The molecule has 6 nitrogen and oxygen atoms in total. The normalized spacial score (nSPS) is 15.3. The summed E-state index contributed by atoms with van der Waals surface area (Å²) in [5, 5.41) is 11.4. The zero-order valence-electron chi connectivity index (χ0n) is 14.0. The number of alkyl halides is 2. The zero-order chi connectivity index (χ0) is 19.7. The number of amides is 1. The van der Waals surface area contributed by atoms with Crippen molar-refractivity contribution in [2.45, 2.75) is 22.2 Å². The summed E-state index contributed by atoms with van der Waals surface area (Å²) in [6, 6.07) is 15.2. The van der Waals surface area contributed by atoms with E-state index < -0.39 is 20.3 Å². The van der Waals surface area contributed by atoms with Crippen LogP contribution >= 0.6 is 23.2 Å². The average molecular weight is 424 g/mol. The molecule has 1 aliphatic heterocycles. The Balaban J connectivity index is 1.99. The van der Waals surface area contributed by atoms with Crippen LogP contribution in [0, 0.1) is 11.3 Å². The quantitative estimate of drug-likeness (QED) is 0.720. The molecule has 0 bridgehead atoms. The molecule has 0 fully saturated rings. The van der Waals surface area contributed by atoms with E-state index in [4.69, 9.17) is 28.5 Å². The van der Waals surface area contributed by atoms with Crippen LogP contribution in [0.5, 0.6) is 0 Å². The predicted molar refractivity (Wildman–Crippen MR) is 103 cm³/mol. The van der Waals surface area contributed by atoms with Crippen molar-refractivity contribution < 1.29 is 13.2 Å². The minimum atomic E-state index is -3.93. The third kappa shape index (κ3) is 3.80. The number of sulfonamides is 1. The summed E-state index contributed by atoms with van der Waals surface area (Å²) >= 11 is 12.1.